The highest BCUT2D eigenvalue weighted by Gasteiger charge is 2.14. The number of pyridine rings is 1. The van der Waals surface area contributed by atoms with Gasteiger partial charge in [0.1, 0.15) is 0 Å². The number of aromatic nitrogens is 1. The topological polar surface area (TPSA) is 56.3 Å². The first-order valence-electron chi connectivity index (χ1n) is 5.02. The fourth-order valence-corrected chi connectivity index (χ4v) is 2.20. The molecule has 4 nitrogen and oxygen atoms in total. The van der Waals surface area contributed by atoms with E-state index in [2.05, 4.69) is 4.98 Å². The molecule has 0 aliphatic carbocycles. The molecule has 0 amide bonds. The van der Waals surface area contributed by atoms with E-state index in [0.717, 1.165) is 0 Å². The summed E-state index contributed by atoms with van der Waals surface area (Å²) in [4.78, 5) is 4.04. The van der Waals surface area contributed by atoms with E-state index < -0.39 is 10.1 Å². The van der Waals surface area contributed by atoms with Crippen LogP contribution in [-0.2, 0) is 20.9 Å². The minimum Gasteiger partial charge on any atom is -0.264 e. The van der Waals surface area contributed by atoms with Gasteiger partial charge in [0.2, 0.25) is 0 Å². The molecule has 0 fully saturated rings. The van der Waals surface area contributed by atoms with Crippen LogP contribution in [0.4, 0.5) is 0 Å². The lowest BCUT2D eigenvalue weighted by atomic mass is 10.3. The zero-order valence-electron chi connectivity index (χ0n) is 8.98. The SMILES string of the molecule is O=S(=O)(OCc1cccnc1)c1ccccc1. The Hall–Kier alpha value is -1.72. The number of rotatable bonds is 4. The van der Waals surface area contributed by atoms with Gasteiger partial charge in [-0.05, 0) is 23.8 Å². The summed E-state index contributed by atoms with van der Waals surface area (Å²) in [6.07, 6.45) is 3.19. The zero-order chi connectivity index (χ0) is 12.1. The number of benzene rings is 1. The van der Waals surface area contributed by atoms with Crippen LogP contribution in [0.2, 0.25) is 0 Å². The molecule has 0 aliphatic rings. The van der Waals surface area contributed by atoms with Crippen LogP contribution in [0.15, 0.2) is 59.8 Å². The van der Waals surface area contributed by atoms with Crippen LogP contribution in [0, 0.1) is 0 Å². The van der Waals surface area contributed by atoms with Crippen LogP contribution in [0.5, 0.6) is 0 Å². The van der Waals surface area contributed by atoms with E-state index in [0.29, 0.717) is 5.56 Å². The molecule has 2 rings (SSSR count). The van der Waals surface area contributed by atoms with Crippen LogP contribution < -0.4 is 0 Å². The Labute approximate surface area is 100 Å². The summed E-state index contributed by atoms with van der Waals surface area (Å²) in [6.45, 7) is -0.00886. The van der Waals surface area contributed by atoms with Gasteiger partial charge in [-0.3, -0.25) is 9.17 Å². The second-order valence-corrected chi connectivity index (χ2v) is 5.01. The van der Waals surface area contributed by atoms with Gasteiger partial charge in [0.05, 0.1) is 11.5 Å². The highest BCUT2D eigenvalue weighted by molar-refractivity contribution is 7.86. The van der Waals surface area contributed by atoms with Crippen molar-refractivity contribution < 1.29 is 12.6 Å². The molecule has 1 aromatic carbocycles. The van der Waals surface area contributed by atoms with Crippen molar-refractivity contribution in [2.45, 2.75) is 11.5 Å². The van der Waals surface area contributed by atoms with Crippen molar-refractivity contribution in [1.82, 2.24) is 4.98 Å². The van der Waals surface area contributed by atoms with Gasteiger partial charge in [-0.25, -0.2) is 0 Å². The lowest BCUT2D eigenvalue weighted by Gasteiger charge is -2.04. The van der Waals surface area contributed by atoms with Crippen molar-refractivity contribution in [1.29, 1.82) is 0 Å². The van der Waals surface area contributed by atoms with E-state index in [9.17, 15) is 8.42 Å². The van der Waals surface area contributed by atoms with E-state index in [-0.39, 0.29) is 11.5 Å². The average Bonchev–Trinajstić information content (AvgIpc) is 2.39. The highest BCUT2D eigenvalue weighted by atomic mass is 32.2. The quantitative estimate of drug-likeness (QED) is 0.777. The Morgan fingerprint density at radius 2 is 1.82 bits per heavy atom. The van der Waals surface area contributed by atoms with E-state index in [1.807, 2.05) is 0 Å². The molecule has 0 spiro atoms. The summed E-state index contributed by atoms with van der Waals surface area (Å²) < 4.78 is 28.5. The van der Waals surface area contributed by atoms with E-state index >= 15 is 0 Å². The highest BCUT2D eigenvalue weighted by Crippen LogP contribution is 2.13. The lowest BCUT2D eigenvalue weighted by molar-refractivity contribution is 0.307. The maximum atomic E-state index is 11.8. The van der Waals surface area contributed by atoms with Gasteiger partial charge in [-0.1, -0.05) is 24.3 Å². The average molecular weight is 249 g/mol. The Kier molecular flexibility index (Phi) is 3.51. The summed E-state index contributed by atoms with van der Waals surface area (Å²) in [5.74, 6) is 0. The largest absolute Gasteiger partial charge is 0.297 e. The number of nitrogens with zero attached hydrogens (tertiary/aromatic N) is 1. The summed E-state index contributed by atoms with van der Waals surface area (Å²) in [5, 5.41) is 0. The van der Waals surface area contributed by atoms with Gasteiger partial charge >= 0.3 is 0 Å². The Bertz CT molecular complexity index is 567. The van der Waals surface area contributed by atoms with Crippen molar-refractivity contribution in [2.75, 3.05) is 0 Å². The summed E-state index contributed by atoms with van der Waals surface area (Å²) in [7, 11) is -3.69. The third-order valence-electron chi connectivity index (χ3n) is 2.14. The Balaban J connectivity index is 2.09. The molecule has 0 radical (unpaired) electrons. The van der Waals surface area contributed by atoms with Gasteiger partial charge in [0.15, 0.2) is 0 Å². The van der Waals surface area contributed by atoms with E-state index in [4.69, 9.17) is 4.18 Å². The third kappa shape index (κ3) is 3.12. The zero-order valence-corrected chi connectivity index (χ0v) is 9.80. The van der Waals surface area contributed by atoms with Crippen molar-refractivity contribution in [3.63, 3.8) is 0 Å². The Morgan fingerprint density at radius 3 is 2.47 bits per heavy atom. The summed E-state index contributed by atoms with van der Waals surface area (Å²) >= 11 is 0. The number of hydrogen-bond acceptors (Lipinski definition) is 4. The second kappa shape index (κ2) is 5.07. The van der Waals surface area contributed by atoms with Gasteiger partial charge in [-0.15, -0.1) is 0 Å². The molecular formula is C12H11NO3S. The number of hydrogen-bond donors (Lipinski definition) is 0. The molecule has 1 heterocycles. The minimum atomic E-state index is -3.69. The summed E-state index contributed by atoms with van der Waals surface area (Å²) in [6, 6.07) is 11.5. The first-order valence-corrected chi connectivity index (χ1v) is 6.43. The first-order chi connectivity index (χ1) is 8.18. The molecule has 1 aromatic heterocycles. The molecule has 0 unspecified atom stereocenters. The lowest BCUT2D eigenvalue weighted by Crippen LogP contribution is -2.06. The molecule has 0 atom stereocenters. The van der Waals surface area contributed by atoms with Crippen LogP contribution in [0.3, 0.4) is 0 Å². The monoisotopic (exact) mass is 249 g/mol. The normalized spacial score (nSPS) is 11.3. The molecule has 0 saturated carbocycles. The van der Waals surface area contributed by atoms with Crippen molar-refractivity contribution >= 4 is 10.1 Å². The molecule has 0 bridgehead atoms. The molecule has 88 valence electrons. The van der Waals surface area contributed by atoms with Crippen LogP contribution >= 0.6 is 0 Å². The molecule has 0 N–H and O–H groups in total. The fraction of sp³-hybridized carbons (Fsp3) is 0.0833. The van der Waals surface area contributed by atoms with Gasteiger partial charge < -0.3 is 0 Å². The maximum absolute atomic E-state index is 11.8. The van der Waals surface area contributed by atoms with Crippen LogP contribution in [0.1, 0.15) is 5.56 Å². The van der Waals surface area contributed by atoms with Crippen LogP contribution in [-0.4, -0.2) is 13.4 Å². The van der Waals surface area contributed by atoms with Gasteiger partial charge in [0.25, 0.3) is 10.1 Å². The minimum absolute atomic E-state index is 0.00886. The predicted octanol–water partition coefficient (Wildman–Crippen LogP) is 1.99. The standard InChI is InChI=1S/C12H11NO3S/c14-17(15,12-6-2-1-3-7-12)16-10-11-5-4-8-13-9-11/h1-9H,10H2. The fourth-order valence-electron chi connectivity index (χ4n) is 1.28. The molecule has 0 saturated heterocycles. The first kappa shape index (κ1) is 11.8. The van der Waals surface area contributed by atoms with E-state index in [1.54, 1.807) is 42.7 Å². The smallest absolute Gasteiger partial charge is 0.264 e. The van der Waals surface area contributed by atoms with E-state index in [1.165, 1.54) is 12.1 Å². The third-order valence-corrected chi connectivity index (χ3v) is 3.41. The van der Waals surface area contributed by atoms with Gasteiger partial charge in [0, 0.05) is 12.4 Å². The molecule has 0 aliphatic heterocycles. The molecule has 2 aromatic rings. The predicted molar refractivity (Wildman–Crippen MR) is 62.7 cm³/mol. The van der Waals surface area contributed by atoms with Gasteiger partial charge in [-0.2, -0.15) is 8.42 Å². The Morgan fingerprint density at radius 1 is 1.06 bits per heavy atom. The van der Waals surface area contributed by atoms with Crippen molar-refractivity contribution in [3.05, 3.63) is 60.4 Å². The van der Waals surface area contributed by atoms with Crippen molar-refractivity contribution in [2.24, 2.45) is 0 Å². The maximum Gasteiger partial charge on any atom is 0.297 e. The summed E-state index contributed by atoms with van der Waals surface area (Å²) in [5.41, 5.74) is 0.715. The second-order valence-electron chi connectivity index (χ2n) is 3.39. The molecule has 17 heavy (non-hydrogen) atoms. The van der Waals surface area contributed by atoms with Crippen molar-refractivity contribution in [3.8, 4) is 0 Å². The molecule has 5 heteroatoms. The molecular weight excluding hydrogens is 238 g/mol. The van der Waals surface area contributed by atoms with Crippen LogP contribution in [0.25, 0.3) is 0 Å².